The van der Waals surface area contributed by atoms with Crippen LogP contribution in [-0.2, 0) is 4.74 Å². The highest BCUT2D eigenvalue weighted by atomic mass is 32.2. The third-order valence-electron chi connectivity index (χ3n) is 3.41. The van der Waals surface area contributed by atoms with Gasteiger partial charge in [-0.15, -0.1) is 0 Å². The lowest BCUT2D eigenvalue weighted by atomic mass is 10.2. The average molecular weight is 321 g/mol. The molecule has 1 fully saturated rings. The summed E-state index contributed by atoms with van der Waals surface area (Å²) in [7, 11) is 0. The molecule has 2 aromatic rings. The third-order valence-corrected chi connectivity index (χ3v) is 4.12. The van der Waals surface area contributed by atoms with Gasteiger partial charge in [-0.1, -0.05) is 18.7 Å². The summed E-state index contributed by atoms with van der Waals surface area (Å²) >= 11 is 1.55. The van der Waals surface area contributed by atoms with Crippen molar-refractivity contribution in [3.63, 3.8) is 0 Å². The normalized spacial score (nSPS) is 17.8. The molecule has 3 rings (SSSR count). The Morgan fingerprint density at radius 2 is 2.41 bits per heavy atom. The predicted octanol–water partition coefficient (Wildman–Crippen LogP) is 3.24. The molecule has 1 unspecified atom stereocenters. The van der Waals surface area contributed by atoms with Gasteiger partial charge in [0.05, 0.1) is 6.10 Å². The molecule has 0 radical (unpaired) electrons. The summed E-state index contributed by atoms with van der Waals surface area (Å²) in [4.78, 5) is 16.2. The molecule has 1 atom stereocenters. The first-order chi connectivity index (χ1) is 10.7. The Labute approximate surface area is 133 Å². The highest BCUT2D eigenvalue weighted by Crippen LogP contribution is 2.25. The number of amides is 2. The molecular weight excluding hydrogens is 302 g/mol. The molecule has 2 heterocycles. The van der Waals surface area contributed by atoms with Crippen LogP contribution < -0.4 is 10.6 Å². The van der Waals surface area contributed by atoms with Crippen molar-refractivity contribution < 1.29 is 13.9 Å². The predicted molar refractivity (Wildman–Crippen MR) is 86.4 cm³/mol. The second-order valence-corrected chi connectivity index (χ2v) is 6.28. The summed E-state index contributed by atoms with van der Waals surface area (Å²) in [6, 6.07) is 5.20. The van der Waals surface area contributed by atoms with Crippen molar-refractivity contribution in [2.24, 2.45) is 0 Å². The number of thioether (sulfide) groups is 1. The first-order valence-electron chi connectivity index (χ1n) is 7.44. The van der Waals surface area contributed by atoms with Crippen molar-refractivity contribution in [3.05, 3.63) is 18.2 Å². The maximum Gasteiger partial charge on any atom is 0.319 e. The Hall–Kier alpha value is -1.73. The molecule has 0 saturated carbocycles. The topological polar surface area (TPSA) is 76.4 Å². The molecular formula is C15H19N3O3S. The standard InChI is InChI=1S/C15H19N3O3S/c1-2-22-15-18-12-6-5-10(8-13(12)21-15)17-14(19)16-9-11-4-3-7-20-11/h5-6,8,11H,2-4,7,9H2,1H3,(H2,16,17,19). The van der Waals surface area contributed by atoms with Crippen LogP contribution in [0, 0.1) is 0 Å². The smallest absolute Gasteiger partial charge is 0.319 e. The number of ether oxygens (including phenoxy) is 1. The minimum atomic E-state index is -0.238. The number of urea groups is 1. The van der Waals surface area contributed by atoms with E-state index in [2.05, 4.69) is 15.6 Å². The maximum atomic E-state index is 11.9. The molecule has 0 spiro atoms. The Morgan fingerprint density at radius 1 is 1.50 bits per heavy atom. The molecule has 2 amide bonds. The van der Waals surface area contributed by atoms with Gasteiger partial charge in [0.2, 0.25) is 0 Å². The Balaban J connectivity index is 1.59. The van der Waals surface area contributed by atoms with Crippen molar-refractivity contribution in [2.45, 2.75) is 31.1 Å². The number of nitrogens with zero attached hydrogens (tertiary/aromatic N) is 1. The SMILES string of the molecule is CCSc1nc2ccc(NC(=O)NCC3CCCO3)cc2o1. The quantitative estimate of drug-likeness (QED) is 0.827. The van der Waals surface area contributed by atoms with E-state index in [4.69, 9.17) is 9.15 Å². The van der Waals surface area contributed by atoms with E-state index in [0.29, 0.717) is 23.0 Å². The fraction of sp³-hybridized carbons (Fsp3) is 0.467. The van der Waals surface area contributed by atoms with E-state index >= 15 is 0 Å². The van der Waals surface area contributed by atoms with Crippen LogP contribution in [0.2, 0.25) is 0 Å². The van der Waals surface area contributed by atoms with E-state index in [1.54, 1.807) is 17.8 Å². The van der Waals surface area contributed by atoms with Crippen molar-refractivity contribution in [2.75, 3.05) is 24.2 Å². The number of nitrogens with one attached hydrogen (secondary N) is 2. The Kier molecular flexibility index (Phi) is 4.84. The van der Waals surface area contributed by atoms with E-state index < -0.39 is 0 Å². The number of hydrogen-bond donors (Lipinski definition) is 2. The van der Waals surface area contributed by atoms with Gasteiger partial charge in [0, 0.05) is 24.9 Å². The van der Waals surface area contributed by atoms with Gasteiger partial charge in [-0.3, -0.25) is 0 Å². The van der Waals surface area contributed by atoms with Crippen LogP contribution in [0.25, 0.3) is 11.1 Å². The molecule has 1 aliphatic heterocycles. The van der Waals surface area contributed by atoms with Crippen LogP contribution in [0.1, 0.15) is 19.8 Å². The summed E-state index contributed by atoms with van der Waals surface area (Å²) in [6.07, 6.45) is 2.20. The van der Waals surface area contributed by atoms with Gasteiger partial charge < -0.3 is 19.8 Å². The van der Waals surface area contributed by atoms with Gasteiger partial charge in [0.25, 0.3) is 5.22 Å². The highest BCUT2D eigenvalue weighted by molar-refractivity contribution is 7.99. The highest BCUT2D eigenvalue weighted by Gasteiger charge is 2.16. The minimum Gasteiger partial charge on any atom is -0.431 e. The molecule has 7 heteroatoms. The molecule has 0 aliphatic carbocycles. The van der Waals surface area contributed by atoms with E-state index in [1.807, 2.05) is 19.1 Å². The summed E-state index contributed by atoms with van der Waals surface area (Å²) < 4.78 is 11.1. The van der Waals surface area contributed by atoms with Crippen LogP contribution in [0.3, 0.4) is 0 Å². The number of carbonyl (C=O) groups is 1. The van der Waals surface area contributed by atoms with Crippen LogP contribution in [0.15, 0.2) is 27.8 Å². The zero-order valence-corrected chi connectivity index (χ0v) is 13.2. The fourth-order valence-corrected chi connectivity index (χ4v) is 2.91. The van der Waals surface area contributed by atoms with Gasteiger partial charge in [0.1, 0.15) is 5.52 Å². The lowest BCUT2D eigenvalue weighted by Crippen LogP contribution is -2.34. The van der Waals surface area contributed by atoms with Crippen molar-refractivity contribution in [3.8, 4) is 0 Å². The zero-order chi connectivity index (χ0) is 15.4. The number of oxazole rings is 1. The summed E-state index contributed by atoms with van der Waals surface area (Å²) in [6.45, 7) is 3.37. The third kappa shape index (κ3) is 3.72. The minimum absolute atomic E-state index is 0.135. The van der Waals surface area contributed by atoms with E-state index in [1.165, 1.54) is 0 Å². The van der Waals surface area contributed by atoms with Crippen LogP contribution in [0.5, 0.6) is 0 Å². The molecule has 22 heavy (non-hydrogen) atoms. The largest absolute Gasteiger partial charge is 0.431 e. The van der Waals surface area contributed by atoms with E-state index in [-0.39, 0.29) is 12.1 Å². The number of carbonyl (C=O) groups excluding carboxylic acids is 1. The van der Waals surface area contributed by atoms with E-state index in [0.717, 1.165) is 30.7 Å². The van der Waals surface area contributed by atoms with Crippen molar-refractivity contribution in [1.82, 2.24) is 10.3 Å². The molecule has 1 aromatic heterocycles. The molecule has 2 N–H and O–H groups in total. The second kappa shape index (κ2) is 7.02. The number of hydrogen-bond acceptors (Lipinski definition) is 5. The van der Waals surface area contributed by atoms with Gasteiger partial charge >= 0.3 is 6.03 Å². The summed E-state index contributed by atoms with van der Waals surface area (Å²) in [5.74, 6) is 0.906. The molecule has 1 aromatic carbocycles. The number of anilines is 1. The molecule has 1 saturated heterocycles. The summed E-state index contributed by atoms with van der Waals surface area (Å²) in [5, 5.41) is 6.27. The second-order valence-electron chi connectivity index (χ2n) is 5.07. The Morgan fingerprint density at radius 3 is 3.18 bits per heavy atom. The van der Waals surface area contributed by atoms with E-state index in [9.17, 15) is 4.79 Å². The molecule has 1 aliphatic rings. The van der Waals surface area contributed by atoms with Gasteiger partial charge in [-0.2, -0.15) is 0 Å². The first-order valence-corrected chi connectivity index (χ1v) is 8.43. The van der Waals surface area contributed by atoms with Crippen LogP contribution in [0.4, 0.5) is 10.5 Å². The number of rotatable bonds is 5. The number of aromatic nitrogens is 1. The van der Waals surface area contributed by atoms with Gasteiger partial charge in [-0.05, 0) is 30.7 Å². The zero-order valence-electron chi connectivity index (χ0n) is 12.4. The molecule has 118 valence electrons. The van der Waals surface area contributed by atoms with Crippen molar-refractivity contribution >= 4 is 34.6 Å². The maximum absolute atomic E-state index is 11.9. The number of benzene rings is 1. The van der Waals surface area contributed by atoms with Gasteiger partial charge in [-0.25, -0.2) is 9.78 Å². The summed E-state index contributed by atoms with van der Waals surface area (Å²) in [5.41, 5.74) is 2.15. The van der Waals surface area contributed by atoms with Gasteiger partial charge in [0.15, 0.2) is 5.58 Å². The molecule has 0 bridgehead atoms. The Bertz CT molecular complexity index is 653. The fourth-order valence-electron chi connectivity index (χ4n) is 2.35. The molecule has 6 nitrogen and oxygen atoms in total. The number of fused-ring (bicyclic) bond motifs is 1. The average Bonchev–Trinajstić information content (AvgIpc) is 3.13. The van der Waals surface area contributed by atoms with Crippen LogP contribution in [-0.4, -0.2) is 36.0 Å². The first kappa shape index (κ1) is 15.2. The van der Waals surface area contributed by atoms with Crippen molar-refractivity contribution in [1.29, 1.82) is 0 Å². The monoisotopic (exact) mass is 321 g/mol. The van der Waals surface area contributed by atoms with Crippen LogP contribution >= 0.6 is 11.8 Å². The lowest BCUT2D eigenvalue weighted by Gasteiger charge is -2.11. The lowest BCUT2D eigenvalue weighted by molar-refractivity contribution is 0.112.